The highest BCUT2D eigenvalue weighted by molar-refractivity contribution is 6.54. The normalized spacial score (nSPS) is 25.2. The fraction of sp³-hybridized carbons (Fsp3) is 0.769. The summed E-state index contributed by atoms with van der Waals surface area (Å²) in [7, 11) is 1.37. The molecule has 0 aromatic rings. The van der Waals surface area contributed by atoms with Gasteiger partial charge >= 0.3 is 13.1 Å². The van der Waals surface area contributed by atoms with Gasteiger partial charge in [0.2, 0.25) is 0 Å². The van der Waals surface area contributed by atoms with E-state index in [9.17, 15) is 4.79 Å². The number of hydrogen-bond acceptors (Lipinski definition) is 3. The summed E-state index contributed by atoms with van der Waals surface area (Å²) in [6.45, 7) is 9.51. The summed E-state index contributed by atoms with van der Waals surface area (Å²) in [5.74, 6) is 0. The van der Waals surface area contributed by atoms with Crippen molar-refractivity contribution in [3.8, 4) is 0 Å². The standard InChI is InChI=1S/C13H23BN2O3/c1-12(2)13(3,4)19-14(18-12)10-6-8-16(9-7-10)11(17)15-5/h6H,7-9H2,1-5H3,(H,15,17). The van der Waals surface area contributed by atoms with Crippen molar-refractivity contribution in [1.82, 2.24) is 10.2 Å². The van der Waals surface area contributed by atoms with E-state index in [1.807, 2.05) is 33.8 Å². The van der Waals surface area contributed by atoms with Crippen molar-refractivity contribution < 1.29 is 14.1 Å². The van der Waals surface area contributed by atoms with Gasteiger partial charge in [0.25, 0.3) is 0 Å². The fourth-order valence-corrected chi connectivity index (χ4v) is 2.24. The number of urea groups is 1. The van der Waals surface area contributed by atoms with Crippen molar-refractivity contribution >= 4 is 13.1 Å². The first-order valence-corrected chi connectivity index (χ1v) is 6.78. The molecule has 0 aromatic carbocycles. The third kappa shape index (κ3) is 2.65. The van der Waals surface area contributed by atoms with Crippen LogP contribution in [0.1, 0.15) is 34.1 Å². The van der Waals surface area contributed by atoms with E-state index in [1.54, 1.807) is 11.9 Å². The SMILES string of the molecule is CNC(=O)N1CC=C(B2OC(C)(C)C(C)(C)O2)CC1. The van der Waals surface area contributed by atoms with Crippen LogP contribution < -0.4 is 5.32 Å². The number of nitrogens with one attached hydrogen (secondary N) is 1. The van der Waals surface area contributed by atoms with Gasteiger partial charge in [-0.15, -0.1) is 0 Å². The van der Waals surface area contributed by atoms with Crippen LogP contribution in [-0.2, 0) is 9.31 Å². The van der Waals surface area contributed by atoms with Gasteiger partial charge in [-0.3, -0.25) is 0 Å². The van der Waals surface area contributed by atoms with Gasteiger partial charge in [-0.25, -0.2) is 4.79 Å². The molecule has 0 bridgehead atoms. The van der Waals surface area contributed by atoms with Crippen molar-refractivity contribution in [3.05, 3.63) is 11.5 Å². The summed E-state index contributed by atoms with van der Waals surface area (Å²) in [6, 6.07) is -0.0378. The molecule has 1 N–H and O–H groups in total. The molecule has 106 valence electrons. The van der Waals surface area contributed by atoms with Crippen molar-refractivity contribution in [3.63, 3.8) is 0 Å². The average molecular weight is 266 g/mol. The van der Waals surface area contributed by atoms with Crippen LogP contribution in [0.3, 0.4) is 0 Å². The molecule has 19 heavy (non-hydrogen) atoms. The first-order valence-electron chi connectivity index (χ1n) is 6.78. The Kier molecular flexibility index (Phi) is 3.66. The molecule has 5 nitrogen and oxygen atoms in total. The van der Waals surface area contributed by atoms with Gasteiger partial charge in [0.15, 0.2) is 0 Å². The summed E-state index contributed by atoms with van der Waals surface area (Å²) in [5, 5.41) is 2.64. The molecule has 1 saturated heterocycles. The quantitative estimate of drug-likeness (QED) is 0.733. The zero-order valence-electron chi connectivity index (χ0n) is 12.4. The van der Waals surface area contributed by atoms with E-state index in [1.165, 1.54) is 0 Å². The van der Waals surface area contributed by atoms with Gasteiger partial charge in [0.05, 0.1) is 11.2 Å². The molecule has 2 aliphatic rings. The maximum atomic E-state index is 11.5. The molecule has 2 amide bonds. The Labute approximate surface area is 115 Å². The fourth-order valence-electron chi connectivity index (χ4n) is 2.24. The topological polar surface area (TPSA) is 50.8 Å². The van der Waals surface area contributed by atoms with Crippen LogP contribution in [0.15, 0.2) is 11.5 Å². The highest BCUT2D eigenvalue weighted by atomic mass is 16.7. The number of carbonyl (C=O) groups excluding carboxylic acids is 1. The summed E-state index contributed by atoms with van der Waals surface area (Å²) < 4.78 is 12.0. The van der Waals surface area contributed by atoms with E-state index >= 15 is 0 Å². The molecule has 0 aliphatic carbocycles. The van der Waals surface area contributed by atoms with Crippen molar-refractivity contribution in [2.24, 2.45) is 0 Å². The van der Waals surface area contributed by atoms with Gasteiger partial charge in [-0.05, 0) is 39.6 Å². The van der Waals surface area contributed by atoms with Gasteiger partial charge in [0.1, 0.15) is 0 Å². The van der Waals surface area contributed by atoms with E-state index in [0.29, 0.717) is 13.1 Å². The molecule has 0 aromatic heterocycles. The molecule has 0 spiro atoms. The van der Waals surface area contributed by atoms with Crippen LogP contribution >= 0.6 is 0 Å². The lowest BCUT2D eigenvalue weighted by Gasteiger charge is -2.32. The molecular formula is C13H23BN2O3. The molecule has 0 unspecified atom stereocenters. The van der Waals surface area contributed by atoms with Crippen molar-refractivity contribution in [2.45, 2.75) is 45.3 Å². The van der Waals surface area contributed by atoms with E-state index in [2.05, 4.69) is 5.32 Å². The second kappa shape index (κ2) is 4.83. The van der Waals surface area contributed by atoms with Crippen LogP contribution in [-0.4, -0.2) is 49.4 Å². The van der Waals surface area contributed by atoms with E-state index in [-0.39, 0.29) is 24.4 Å². The summed E-state index contributed by atoms with van der Waals surface area (Å²) in [5.41, 5.74) is 0.520. The van der Waals surface area contributed by atoms with Gasteiger partial charge in [0, 0.05) is 20.1 Å². The van der Waals surface area contributed by atoms with Gasteiger partial charge < -0.3 is 19.5 Å². The lowest BCUT2D eigenvalue weighted by molar-refractivity contribution is 0.00578. The maximum Gasteiger partial charge on any atom is 0.490 e. The van der Waals surface area contributed by atoms with Crippen LogP contribution in [0.4, 0.5) is 4.79 Å². The lowest BCUT2D eigenvalue weighted by Crippen LogP contribution is -2.42. The molecule has 2 heterocycles. The monoisotopic (exact) mass is 266 g/mol. The molecule has 2 aliphatic heterocycles. The zero-order chi connectivity index (χ0) is 14.3. The smallest absolute Gasteiger partial charge is 0.400 e. The van der Waals surface area contributed by atoms with Crippen LogP contribution in [0.2, 0.25) is 0 Å². The highest BCUT2D eigenvalue weighted by Crippen LogP contribution is 2.39. The minimum atomic E-state index is -0.309. The lowest BCUT2D eigenvalue weighted by atomic mass is 9.75. The van der Waals surface area contributed by atoms with Gasteiger partial charge in [-0.2, -0.15) is 0 Å². The Morgan fingerprint density at radius 2 is 1.89 bits per heavy atom. The predicted molar refractivity (Wildman–Crippen MR) is 74.8 cm³/mol. The number of hydrogen-bond donors (Lipinski definition) is 1. The van der Waals surface area contributed by atoms with Crippen LogP contribution in [0.5, 0.6) is 0 Å². The minimum Gasteiger partial charge on any atom is -0.400 e. The molecule has 0 radical (unpaired) electrons. The largest absolute Gasteiger partial charge is 0.490 e. The van der Waals surface area contributed by atoms with Gasteiger partial charge in [-0.1, -0.05) is 6.08 Å². The third-order valence-corrected chi connectivity index (χ3v) is 4.30. The Morgan fingerprint density at radius 1 is 1.32 bits per heavy atom. The first kappa shape index (κ1) is 14.4. The number of amides is 2. The maximum absolute atomic E-state index is 11.5. The number of carbonyl (C=O) groups is 1. The molecular weight excluding hydrogens is 243 g/mol. The molecule has 1 fully saturated rings. The van der Waals surface area contributed by atoms with Crippen LogP contribution in [0.25, 0.3) is 0 Å². The second-order valence-corrected chi connectivity index (χ2v) is 6.12. The molecule has 2 rings (SSSR count). The van der Waals surface area contributed by atoms with E-state index in [0.717, 1.165) is 11.9 Å². The first-order chi connectivity index (χ1) is 8.77. The Balaban J connectivity index is 2.03. The summed E-state index contributed by atoms with van der Waals surface area (Å²) in [6.07, 6.45) is 2.84. The van der Waals surface area contributed by atoms with E-state index in [4.69, 9.17) is 9.31 Å². The minimum absolute atomic E-state index is 0.0378. The predicted octanol–water partition coefficient (Wildman–Crippen LogP) is 1.59. The Hall–Kier alpha value is -1.01. The third-order valence-electron chi connectivity index (χ3n) is 4.30. The summed E-state index contributed by atoms with van der Waals surface area (Å²) >= 11 is 0. The second-order valence-electron chi connectivity index (χ2n) is 6.12. The van der Waals surface area contributed by atoms with Crippen molar-refractivity contribution in [1.29, 1.82) is 0 Å². The Morgan fingerprint density at radius 3 is 2.32 bits per heavy atom. The van der Waals surface area contributed by atoms with E-state index < -0.39 is 0 Å². The number of rotatable bonds is 1. The number of nitrogens with zero attached hydrogens (tertiary/aromatic N) is 1. The highest BCUT2D eigenvalue weighted by Gasteiger charge is 2.52. The summed E-state index contributed by atoms with van der Waals surface area (Å²) in [4.78, 5) is 13.3. The zero-order valence-corrected chi connectivity index (χ0v) is 12.4. The molecule has 0 atom stereocenters. The average Bonchev–Trinajstić information content (AvgIpc) is 2.58. The van der Waals surface area contributed by atoms with Crippen molar-refractivity contribution in [2.75, 3.05) is 20.1 Å². The Bertz CT molecular complexity index is 391. The molecule has 0 saturated carbocycles. The molecule has 6 heteroatoms. The van der Waals surface area contributed by atoms with Crippen LogP contribution in [0, 0.1) is 0 Å².